The number of piperidine rings is 1. The molecule has 0 saturated carbocycles. The van der Waals surface area contributed by atoms with Crippen LogP contribution in [0.15, 0.2) is 24.3 Å². The molecule has 2 aliphatic heterocycles. The lowest BCUT2D eigenvalue weighted by Gasteiger charge is -2.40. The maximum absolute atomic E-state index is 12.8. The van der Waals surface area contributed by atoms with Gasteiger partial charge in [0.25, 0.3) is 0 Å². The molecule has 1 aromatic carbocycles. The number of para-hydroxylation sites is 1. The van der Waals surface area contributed by atoms with E-state index in [9.17, 15) is 4.79 Å². The summed E-state index contributed by atoms with van der Waals surface area (Å²) in [6.45, 7) is 6.18. The minimum atomic E-state index is -0.0487. The number of hydrogen-bond acceptors (Lipinski definition) is 2. The molecule has 1 saturated heterocycles. The molecule has 0 spiro atoms. The van der Waals surface area contributed by atoms with Gasteiger partial charge >= 0.3 is 0 Å². The van der Waals surface area contributed by atoms with E-state index in [1.54, 1.807) is 0 Å². The van der Waals surface area contributed by atoms with Crippen LogP contribution in [-0.2, 0) is 11.2 Å². The van der Waals surface area contributed by atoms with Crippen molar-refractivity contribution in [3.8, 4) is 0 Å². The fourth-order valence-corrected chi connectivity index (χ4v) is 3.36. The third-order valence-electron chi connectivity index (χ3n) is 4.53. The molecular formula is C16H22N2O. The SMILES string of the molecule is CC1(C)CCCNC1C(=O)N1CCc2ccccc21. The maximum Gasteiger partial charge on any atom is 0.244 e. The molecule has 2 heterocycles. The highest BCUT2D eigenvalue weighted by molar-refractivity contribution is 5.99. The monoisotopic (exact) mass is 258 g/mol. The molecule has 1 atom stereocenters. The summed E-state index contributed by atoms with van der Waals surface area (Å²) in [6, 6.07) is 8.21. The minimum absolute atomic E-state index is 0.0485. The average Bonchev–Trinajstić information content (AvgIpc) is 2.81. The number of nitrogens with one attached hydrogen (secondary N) is 1. The molecule has 0 radical (unpaired) electrons. The van der Waals surface area contributed by atoms with Gasteiger partial charge in [-0.15, -0.1) is 0 Å². The molecule has 2 aliphatic rings. The molecule has 1 unspecified atom stereocenters. The molecule has 3 nitrogen and oxygen atoms in total. The van der Waals surface area contributed by atoms with Crippen LogP contribution in [0.4, 0.5) is 5.69 Å². The van der Waals surface area contributed by atoms with Gasteiger partial charge in [-0.05, 0) is 42.9 Å². The Balaban J connectivity index is 1.85. The predicted octanol–water partition coefficient (Wildman–Crippen LogP) is 2.35. The van der Waals surface area contributed by atoms with Crippen LogP contribution in [0.2, 0.25) is 0 Å². The Kier molecular flexibility index (Phi) is 3.09. The van der Waals surface area contributed by atoms with Gasteiger partial charge in [0.2, 0.25) is 5.91 Å². The Morgan fingerprint density at radius 3 is 2.95 bits per heavy atom. The first-order chi connectivity index (χ1) is 9.09. The highest BCUT2D eigenvalue weighted by Crippen LogP contribution is 2.34. The van der Waals surface area contributed by atoms with E-state index in [2.05, 4.69) is 37.4 Å². The zero-order valence-electron chi connectivity index (χ0n) is 11.8. The molecule has 3 heteroatoms. The molecule has 0 aromatic heterocycles. The van der Waals surface area contributed by atoms with E-state index in [0.717, 1.165) is 38.0 Å². The number of fused-ring (bicyclic) bond motifs is 1. The van der Waals surface area contributed by atoms with Crippen LogP contribution in [0, 0.1) is 5.41 Å². The largest absolute Gasteiger partial charge is 0.310 e. The van der Waals surface area contributed by atoms with Gasteiger partial charge in [-0.3, -0.25) is 4.79 Å². The van der Waals surface area contributed by atoms with Crippen molar-refractivity contribution in [3.05, 3.63) is 29.8 Å². The lowest BCUT2D eigenvalue weighted by atomic mass is 9.77. The van der Waals surface area contributed by atoms with E-state index >= 15 is 0 Å². The number of benzene rings is 1. The van der Waals surface area contributed by atoms with E-state index in [1.165, 1.54) is 5.56 Å². The third kappa shape index (κ3) is 2.16. The second kappa shape index (κ2) is 4.64. The van der Waals surface area contributed by atoms with Crippen LogP contribution >= 0.6 is 0 Å². The molecule has 1 N–H and O–H groups in total. The number of carbonyl (C=O) groups excluding carboxylic acids is 1. The summed E-state index contributed by atoms with van der Waals surface area (Å²) in [5.74, 6) is 0.245. The second-order valence-electron chi connectivity index (χ2n) is 6.35. The third-order valence-corrected chi connectivity index (χ3v) is 4.53. The van der Waals surface area contributed by atoms with E-state index in [4.69, 9.17) is 0 Å². The van der Waals surface area contributed by atoms with Crippen molar-refractivity contribution in [3.63, 3.8) is 0 Å². The Morgan fingerprint density at radius 2 is 2.16 bits per heavy atom. The highest BCUT2D eigenvalue weighted by atomic mass is 16.2. The summed E-state index contributed by atoms with van der Waals surface area (Å²) in [7, 11) is 0. The zero-order chi connectivity index (χ0) is 13.5. The fourth-order valence-electron chi connectivity index (χ4n) is 3.36. The van der Waals surface area contributed by atoms with Gasteiger partial charge in [-0.1, -0.05) is 32.0 Å². The van der Waals surface area contributed by atoms with Crippen molar-refractivity contribution in [2.45, 2.75) is 39.2 Å². The number of hydrogen-bond donors (Lipinski definition) is 1. The first kappa shape index (κ1) is 12.7. The van der Waals surface area contributed by atoms with Gasteiger partial charge < -0.3 is 10.2 Å². The average molecular weight is 258 g/mol. The van der Waals surface area contributed by atoms with Crippen LogP contribution in [0.1, 0.15) is 32.3 Å². The lowest BCUT2D eigenvalue weighted by Crippen LogP contribution is -2.56. The van der Waals surface area contributed by atoms with Crippen LogP contribution in [0.25, 0.3) is 0 Å². The molecule has 19 heavy (non-hydrogen) atoms. The van der Waals surface area contributed by atoms with Crippen LogP contribution in [-0.4, -0.2) is 25.0 Å². The van der Waals surface area contributed by atoms with E-state index < -0.39 is 0 Å². The van der Waals surface area contributed by atoms with Gasteiger partial charge in [0.1, 0.15) is 0 Å². The fraction of sp³-hybridized carbons (Fsp3) is 0.562. The number of amides is 1. The first-order valence-corrected chi connectivity index (χ1v) is 7.22. The van der Waals surface area contributed by atoms with Crippen molar-refractivity contribution in [1.29, 1.82) is 0 Å². The summed E-state index contributed by atoms with van der Waals surface area (Å²) in [5, 5.41) is 3.43. The van der Waals surface area contributed by atoms with Crippen molar-refractivity contribution < 1.29 is 4.79 Å². The van der Waals surface area contributed by atoms with Gasteiger partial charge in [0, 0.05) is 12.2 Å². The van der Waals surface area contributed by atoms with Gasteiger partial charge in [-0.2, -0.15) is 0 Å². The number of nitrogens with zero attached hydrogens (tertiary/aromatic N) is 1. The molecule has 3 rings (SSSR count). The van der Waals surface area contributed by atoms with Gasteiger partial charge in [0.15, 0.2) is 0 Å². The summed E-state index contributed by atoms with van der Waals surface area (Å²) in [4.78, 5) is 14.8. The van der Waals surface area contributed by atoms with Gasteiger partial charge in [0.05, 0.1) is 6.04 Å². The van der Waals surface area contributed by atoms with Crippen LogP contribution in [0.3, 0.4) is 0 Å². The Bertz CT molecular complexity index is 495. The van der Waals surface area contributed by atoms with Crippen molar-refractivity contribution in [2.24, 2.45) is 5.41 Å². The standard InChI is InChI=1S/C16H22N2O/c1-16(2)9-5-10-17-14(16)15(19)18-11-8-12-6-3-4-7-13(12)18/h3-4,6-7,14,17H,5,8-11H2,1-2H3. The topological polar surface area (TPSA) is 32.3 Å². The van der Waals surface area contributed by atoms with Crippen molar-refractivity contribution in [1.82, 2.24) is 5.32 Å². The van der Waals surface area contributed by atoms with Crippen LogP contribution < -0.4 is 10.2 Å². The molecule has 1 fully saturated rings. The van der Waals surface area contributed by atoms with Crippen molar-refractivity contribution >= 4 is 11.6 Å². The number of carbonyl (C=O) groups is 1. The number of rotatable bonds is 1. The molecule has 1 amide bonds. The van der Waals surface area contributed by atoms with Gasteiger partial charge in [-0.25, -0.2) is 0 Å². The molecule has 1 aromatic rings. The maximum atomic E-state index is 12.8. The molecule has 0 bridgehead atoms. The summed E-state index contributed by atoms with van der Waals surface area (Å²) >= 11 is 0. The zero-order valence-corrected chi connectivity index (χ0v) is 11.8. The normalized spacial score (nSPS) is 25.2. The predicted molar refractivity (Wildman–Crippen MR) is 77.3 cm³/mol. The number of anilines is 1. The van der Waals surface area contributed by atoms with E-state index in [0.29, 0.717) is 0 Å². The summed E-state index contributed by atoms with van der Waals surface area (Å²) in [5.41, 5.74) is 2.45. The summed E-state index contributed by atoms with van der Waals surface area (Å²) < 4.78 is 0. The minimum Gasteiger partial charge on any atom is -0.310 e. The Hall–Kier alpha value is -1.35. The molecule has 102 valence electrons. The molecular weight excluding hydrogens is 236 g/mol. The van der Waals surface area contributed by atoms with Crippen molar-refractivity contribution in [2.75, 3.05) is 18.0 Å². The van der Waals surface area contributed by atoms with E-state index in [1.807, 2.05) is 11.0 Å². The Morgan fingerprint density at radius 1 is 1.37 bits per heavy atom. The van der Waals surface area contributed by atoms with Crippen LogP contribution in [0.5, 0.6) is 0 Å². The quantitative estimate of drug-likeness (QED) is 0.838. The highest BCUT2D eigenvalue weighted by Gasteiger charge is 2.40. The first-order valence-electron chi connectivity index (χ1n) is 7.22. The van der Waals surface area contributed by atoms with E-state index in [-0.39, 0.29) is 17.4 Å². The molecule has 0 aliphatic carbocycles. The second-order valence-corrected chi connectivity index (χ2v) is 6.35. The summed E-state index contributed by atoms with van der Waals surface area (Å²) in [6.07, 6.45) is 3.26. The lowest BCUT2D eigenvalue weighted by molar-refractivity contribution is -0.124. The smallest absolute Gasteiger partial charge is 0.244 e. The Labute approximate surface area is 115 Å².